The molecule has 0 aliphatic rings. The van der Waals surface area contributed by atoms with Crippen molar-refractivity contribution in [3.05, 3.63) is 65.5 Å². The summed E-state index contributed by atoms with van der Waals surface area (Å²) >= 11 is 0. The molecule has 0 aliphatic heterocycles. The summed E-state index contributed by atoms with van der Waals surface area (Å²) in [6, 6.07) is 13.7. The van der Waals surface area contributed by atoms with E-state index in [-0.39, 0.29) is 0 Å². The topological polar surface area (TPSA) is 48.7 Å². The Morgan fingerprint density at radius 2 is 1.82 bits per heavy atom. The van der Waals surface area contributed by atoms with Gasteiger partial charge >= 0.3 is 0 Å². The highest BCUT2D eigenvalue weighted by Gasteiger charge is 1.95. The number of aromatic nitrogens is 1. The predicted octanol–water partition coefficient (Wildman–Crippen LogP) is 2.24. The van der Waals surface area contributed by atoms with Gasteiger partial charge in [-0.15, -0.1) is 0 Å². The Morgan fingerprint density at radius 1 is 1.06 bits per heavy atom. The van der Waals surface area contributed by atoms with Gasteiger partial charge in [0.25, 0.3) is 0 Å². The lowest BCUT2D eigenvalue weighted by molar-refractivity contribution is 0.691. The minimum absolute atomic E-state index is 0.695. The Balaban J connectivity index is 1.84. The first-order valence-corrected chi connectivity index (χ1v) is 5.47. The lowest BCUT2D eigenvalue weighted by Crippen LogP contribution is -2.12. The molecular formula is C14H13N3. The van der Waals surface area contributed by atoms with Crippen LogP contribution in [0.25, 0.3) is 0 Å². The van der Waals surface area contributed by atoms with E-state index in [4.69, 9.17) is 5.26 Å². The lowest BCUT2D eigenvalue weighted by atomic mass is 10.1. The number of nitrogens with zero attached hydrogens (tertiary/aromatic N) is 2. The van der Waals surface area contributed by atoms with Gasteiger partial charge in [-0.05, 0) is 29.3 Å². The van der Waals surface area contributed by atoms with Gasteiger partial charge in [0.05, 0.1) is 11.6 Å². The van der Waals surface area contributed by atoms with Gasteiger partial charge in [-0.3, -0.25) is 4.98 Å². The Labute approximate surface area is 101 Å². The summed E-state index contributed by atoms with van der Waals surface area (Å²) in [5.74, 6) is 0. The summed E-state index contributed by atoms with van der Waals surface area (Å²) < 4.78 is 0. The Bertz CT molecular complexity index is 497. The van der Waals surface area contributed by atoms with Gasteiger partial charge in [0.2, 0.25) is 0 Å². The number of nitrogens with one attached hydrogen (secondary N) is 1. The molecule has 2 rings (SSSR count). The molecule has 1 aromatic carbocycles. The van der Waals surface area contributed by atoms with Crippen molar-refractivity contribution in [3.63, 3.8) is 0 Å². The normalized spacial score (nSPS) is 9.82. The maximum Gasteiger partial charge on any atom is 0.0991 e. The monoisotopic (exact) mass is 223 g/mol. The zero-order valence-corrected chi connectivity index (χ0v) is 9.43. The van der Waals surface area contributed by atoms with E-state index >= 15 is 0 Å². The van der Waals surface area contributed by atoms with Crippen molar-refractivity contribution in [2.75, 3.05) is 0 Å². The molecule has 3 heteroatoms. The van der Waals surface area contributed by atoms with Crippen LogP contribution in [0.3, 0.4) is 0 Å². The first kappa shape index (κ1) is 11.3. The van der Waals surface area contributed by atoms with E-state index < -0.39 is 0 Å². The molecule has 1 aromatic heterocycles. The van der Waals surface area contributed by atoms with Gasteiger partial charge in [0.1, 0.15) is 0 Å². The second kappa shape index (κ2) is 5.78. The van der Waals surface area contributed by atoms with Gasteiger partial charge in [0.15, 0.2) is 0 Å². The van der Waals surface area contributed by atoms with Gasteiger partial charge in [-0.2, -0.15) is 5.26 Å². The van der Waals surface area contributed by atoms with Crippen LogP contribution in [0.4, 0.5) is 0 Å². The first-order valence-electron chi connectivity index (χ1n) is 5.47. The van der Waals surface area contributed by atoms with E-state index in [2.05, 4.69) is 16.4 Å². The molecule has 0 aliphatic carbocycles. The van der Waals surface area contributed by atoms with Gasteiger partial charge in [0, 0.05) is 25.5 Å². The van der Waals surface area contributed by atoms with Crippen LogP contribution in [0.5, 0.6) is 0 Å². The standard InChI is InChI=1S/C14H13N3/c15-8-12-3-5-13(6-4-12)9-17-11-14-2-1-7-16-10-14/h1-7,10,17H,9,11H2. The summed E-state index contributed by atoms with van der Waals surface area (Å²) in [6.07, 6.45) is 3.62. The molecule has 84 valence electrons. The molecule has 0 radical (unpaired) electrons. The zero-order valence-electron chi connectivity index (χ0n) is 9.43. The quantitative estimate of drug-likeness (QED) is 0.864. The number of rotatable bonds is 4. The van der Waals surface area contributed by atoms with Gasteiger partial charge in [-0.1, -0.05) is 18.2 Å². The summed E-state index contributed by atoms with van der Waals surface area (Å²) in [5, 5.41) is 12.0. The second-order valence-corrected chi connectivity index (χ2v) is 3.77. The number of hydrogen-bond donors (Lipinski definition) is 1. The van der Waals surface area contributed by atoms with Crippen LogP contribution >= 0.6 is 0 Å². The fourth-order valence-electron chi connectivity index (χ4n) is 1.55. The Morgan fingerprint density at radius 3 is 2.47 bits per heavy atom. The van der Waals surface area contributed by atoms with E-state index in [0.717, 1.165) is 13.1 Å². The predicted molar refractivity (Wildman–Crippen MR) is 65.9 cm³/mol. The minimum Gasteiger partial charge on any atom is -0.309 e. The van der Waals surface area contributed by atoms with Crippen molar-refractivity contribution in [2.24, 2.45) is 0 Å². The molecule has 1 N–H and O–H groups in total. The average molecular weight is 223 g/mol. The minimum atomic E-state index is 0.695. The molecule has 0 bridgehead atoms. The van der Waals surface area contributed by atoms with Crippen molar-refractivity contribution >= 4 is 0 Å². The maximum absolute atomic E-state index is 8.68. The summed E-state index contributed by atoms with van der Waals surface area (Å²) in [6.45, 7) is 1.59. The highest BCUT2D eigenvalue weighted by molar-refractivity contribution is 5.31. The fraction of sp³-hybridized carbons (Fsp3) is 0.143. The van der Waals surface area contributed by atoms with Crippen LogP contribution in [-0.2, 0) is 13.1 Å². The molecular weight excluding hydrogens is 210 g/mol. The highest BCUT2D eigenvalue weighted by atomic mass is 14.8. The van der Waals surface area contributed by atoms with E-state index in [9.17, 15) is 0 Å². The highest BCUT2D eigenvalue weighted by Crippen LogP contribution is 2.03. The fourth-order valence-corrected chi connectivity index (χ4v) is 1.55. The number of nitriles is 1. The first-order chi connectivity index (χ1) is 8.38. The third-order valence-electron chi connectivity index (χ3n) is 2.46. The van der Waals surface area contributed by atoms with Gasteiger partial charge in [-0.25, -0.2) is 0 Å². The van der Waals surface area contributed by atoms with Crippen molar-refractivity contribution in [3.8, 4) is 6.07 Å². The third kappa shape index (κ3) is 3.40. The Kier molecular flexibility index (Phi) is 3.85. The van der Waals surface area contributed by atoms with E-state index in [1.807, 2.05) is 42.6 Å². The summed E-state index contributed by atoms with van der Waals surface area (Å²) in [5.41, 5.74) is 3.04. The lowest BCUT2D eigenvalue weighted by Gasteiger charge is -2.04. The van der Waals surface area contributed by atoms with Crippen LogP contribution in [0.1, 0.15) is 16.7 Å². The zero-order chi connectivity index (χ0) is 11.9. The van der Waals surface area contributed by atoms with Crippen LogP contribution in [0, 0.1) is 11.3 Å². The molecule has 1 heterocycles. The van der Waals surface area contributed by atoms with Crippen LogP contribution in [0.15, 0.2) is 48.8 Å². The number of benzene rings is 1. The van der Waals surface area contributed by atoms with Crippen molar-refractivity contribution in [1.29, 1.82) is 5.26 Å². The number of hydrogen-bond acceptors (Lipinski definition) is 3. The molecule has 0 unspecified atom stereocenters. The van der Waals surface area contributed by atoms with Crippen molar-refractivity contribution in [1.82, 2.24) is 10.3 Å². The molecule has 0 amide bonds. The molecule has 0 spiro atoms. The molecule has 0 saturated heterocycles. The SMILES string of the molecule is N#Cc1ccc(CNCc2cccnc2)cc1. The third-order valence-corrected chi connectivity index (χ3v) is 2.46. The molecule has 3 nitrogen and oxygen atoms in total. The van der Waals surface area contributed by atoms with Crippen LogP contribution < -0.4 is 5.32 Å². The molecule has 0 saturated carbocycles. The molecule has 2 aromatic rings. The smallest absolute Gasteiger partial charge is 0.0991 e. The second-order valence-electron chi connectivity index (χ2n) is 3.77. The number of pyridine rings is 1. The van der Waals surface area contributed by atoms with Crippen LogP contribution in [0.2, 0.25) is 0 Å². The molecule has 17 heavy (non-hydrogen) atoms. The average Bonchev–Trinajstić information content (AvgIpc) is 2.41. The van der Waals surface area contributed by atoms with E-state index in [1.165, 1.54) is 11.1 Å². The molecule has 0 fully saturated rings. The summed E-state index contributed by atoms with van der Waals surface area (Å²) in [7, 11) is 0. The van der Waals surface area contributed by atoms with E-state index in [1.54, 1.807) is 6.20 Å². The maximum atomic E-state index is 8.68. The Hall–Kier alpha value is -2.18. The summed E-state index contributed by atoms with van der Waals surface area (Å²) in [4.78, 5) is 4.06. The molecule has 0 atom stereocenters. The largest absolute Gasteiger partial charge is 0.309 e. The van der Waals surface area contributed by atoms with Crippen molar-refractivity contribution < 1.29 is 0 Å². The van der Waals surface area contributed by atoms with E-state index in [0.29, 0.717) is 5.56 Å². The van der Waals surface area contributed by atoms with Gasteiger partial charge < -0.3 is 5.32 Å². The van der Waals surface area contributed by atoms with Crippen LogP contribution in [-0.4, -0.2) is 4.98 Å². The van der Waals surface area contributed by atoms with Crippen molar-refractivity contribution in [2.45, 2.75) is 13.1 Å².